The fourth-order valence-corrected chi connectivity index (χ4v) is 4.02. The Bertz CT molecular complexity index is 933. The molecule has 0 spiro atoms. The first kappa shape index (κ1) is 17.4. The molecule has 1 atom stereocenters. The van der Waals surface area contributed by atoms with Gasteiger partial charge in [-0.1, -0.05) is 24.3 Å². The minimum Gasteiger partial charge on any atom is -0.390 e. The molecule has 1 aromatic carbocycles. The van der Waals surface area contributed by atoms with Crippen LogP contribution in [0.15, 0.2) is 46.6 Å². The van der Waals surface area contributed by atoms with Gasteiger partial charge in [-0.05, 0) is 17.5 Å². The van der Waals surface area contributed by atoms with Gasteiger partial charge in [-0.2, -0.15) is 5.10 Å². The van der Waals surface area contributed by atoms with Gasteiger partial charge in [0, 0.05) is 25.0 Å². The van der Waals surface area contributed by atoms with Crippen LogP contribution in [0.3, 0.4) is 0 Å². The second-order valence-electron chi connectivity index (χ2n) is 6.43. The first-order valence-electron chi connectivity index (χ1n) is 8.74. The molecule has 1 saturated heterocycles. The molecule has 0 radical (unpaired) electrons. The summed E-state index contributed by atoms with van der Waals surface area (Å²) in [6.45, 7) is 3.67. The maximum atomic E-state index is 12.8. The van der Waals surface area contributed by atoms with Crippen molar-refractivity contribution >= 4 is 22.1 Å². The average Bonchev–Trinajstić information content (AvgIpc) is 3.19. The molecule has 4 rings (SSSR count). The fourth-order valence-electron chi connectivity index (χ4n) is 3.29. The number of thiophene rings is 1. The smallest absolute Gasteiger partial charge is 0.274 e. The minimum atomic E-state index is -0.657. The van der Waals surface area contributed by atoms with Crippen LogP contribution in [0.2, 0.25) is 0 Å². The highest BCUT2D eigenvalue weighted by Crippen LogP contribution is 2.28. The van der Waals surface area contributed by atoms with Gasteiger partial charge in [0.1, 0.15) is 5.69 Å². The van der Waals surface area contributed by atoms with Crippen molar-refractivity contribution in [3.8, 4) is 10.6 Å². The number of hydrogen-bond acceptors (Lipinski definition) is 6. The Morgan fingerprint density at radius 1 is 1.12 bits per heavy atom. The molecule has 136 valence electrons. The molecule has 1 unspecified atom stereocenters. The van der Waals surface area contributed by atoms with Crippen molar-refractivity contribution in [3.05, 3.63) is 52.1 Å². The maximum Gasteiger partial charge on any atom is 0.274 e. The van der Waals surface area contributed by atoms with Crippen LogP contribution < -0.4 is 5.56 Å². The van der Waals surface area contributed by atoms with E-state index >= 15 is 0 Å². The van der Waals surface area contributed by atoms with E-state index in [1.54, 1.807) is 11.3 Å². The molecule has 1 aliphatic heterocycles. The zero-order valence-corrected chi connectivity index (χ0v) is 15.2. The van der Waals surface area contributed by atoms with E-state index in [2.05, 4.69) is 10.00 Å². The van der Waals surface area contributed by atoms with Crippen molar-refractivity contribution in [3.63, 3.8) is 0 Å². The van der Waals surface area contributed by atoms with Gasteiger partial charge in [0.15, 0.2) is 0 Å². The first-order chi connectivity index (χ1) is 12.7. The fraction of sp³-hybridized carbons (Fsp3) is 0.368. The summed E-state index contributed by atoms with van der Waals surface area (Å²) < 4.78 is 6.74. The Morgan fingerprint density at radius 2 is 1.88 bits per heavy atom. The number of aromatic nitrogens is 2. The summed E-state index contributed by atoms with van der Waals surface area (Å²) in [5.41, 5.74) is 0.621. The van der Waals surface area contributed by atoms with Crippen LogP contribution >= 0.6 is 11.3 Å². The number of nitrogens with zero attached hydrogens (tertiary/aromatic N) is 3. The van der Waals surface area contributed by atoms with Gasteiger partial charge in [0.05, 0.1) is 36.1 Å². The van der Waals surface area contributed by atoms with Crippen molar-refractivity contribution in [1.82, 2.24) is 14.7 Å². The van der Waals surface area contributed by atoms with Gasteiger partial charge in [-0.15, -0.1) is 11.3 Å². The zero-order valence-electron chi connectivity index (χ0n) is 14.4. The van der Waals surface area contributed by atoms with E-state index in [-0.39, 0.29) is 12.1 Å². The highest BCUT2D eigenvalue weighted by molar-refractivity contribution is 7.13. The largest absolute Gasteiger partial charge is 0.390 e. The summed E-state index contributed by atoms with van der Waals surface area (Å²) in [5.74, 6) is 0. The summed E-state index contributed by atoms with van der Waals surface area (Å²) in [5, 5.41) is 18.6. The lowest BCUT2D eigenvalue weighted by atomic mass is 10.1. The summed E-state index contributed by atoms with van der Waals surface area (Å²) in [6.07, 6.45) is -0.657. The van der Waals surface area contributed by atoms with Crippen molar-refractivity contribution < 1.29 is 9.84 Å². The van der Waals surface area contributed by atoms with E-state index < -0.39 is 6.10 Å². The quantitative estimate of drug-likeness (QED) is 0.741. The van der Waals surface area contributed by atoms with E-state index in [0.717, 1.165) is 29.0 Å². The first-order valence-corrected chi connectivity index (χ1v) is 9.62. The van der Waals surface area contributed by atoms with Crippen LogP contribution in [0.25, 0.3) is 21.3 Å². The van der Waals surface area contributed by atoms with Crippen LogP contribution in [0.1, 0.15) is 0 Å². The Balaban J connectivity index is 1.66. The van der Waals surface area contributed by atoms with Crippen LogP contribution in [0.4, 0.5) is 0 Å². The van der Waals surface area contributed by atoms with Gasteiger partial charge < -0.3 is 9.84 Å². The summed E-state index contributed by atoms with van der Waals surface area (Å²) in [4.78, 5) is 16.0. The molecule has 3 heterocycles. The van der Waals surface area contributed by atoms with Crippen LogP contribution in [0.5, 0.6) is 0 Å². The van der Waals surface area contributed by atoms with Crippen LogP contribution in [-0.2, 0) is 11.3 Å². The van der Waals surface area contributed by atoms with E-state index in [0.29, 0.717) is 25.1 Å². The molecule has 0 aliphatic carbocycles. The SMILES string of the molecule is O=c1c2ccccc2c(-c2cccs2)nn1CC(O)CN1CCOCC1. The third-order valence-corrected chi connectivity index (χ3v) is 5.46. The van der Waals surface area contributed by atoms with Gasteiger partial charge in [0.25, 0.3) is 5.56 Å². The molecule has 0 amide bonds. The van der Waals surface area contributed by atoms with Gasteiger partial charge in [0.2, 0.25) is 0 Å². The van der Waals surface area contributed by atoms with E-state index in [9.17, 15) is 9.90 Å². The number of hydrogen-bond donors (Lipinski definition) is 1. The lowest BCUT2D eigenvalue weighted by Crippen LogP contribution is -2.43. The molecule has 2 aromatic heterocycles. The molecule has 6 nitrogen and oxygen atoms in total. The second kappa shape index (κ2) is 7.67. The number of morpholine rings is 1. The number of β-amino-alcohol motifs (C(OH)–C–C–N with tert-alkyl or cyclic N) is 1. The van der Waals surface area contributed by atoms with E-state index in [1.807, 2.05) is 41.8 Å². The third kappa shape index (κ3) is 3.57. The number of rotatable bonds is 5. The topological polar surface area (TPSA) is 67.6 Å². The molecule has 0 saturated carbocycles. The van der Waals surface area contributed by atoms with Gasteiger partial charge in [-0.25, -0.2) is 4.68 Å². The monoisotopic (exact) mass is 371 g/mol. The summed E-state index contributed by atoms with van der Waals surface area (Å²) in [7, 11) is 0. The van der Waals surface area contributed by atoms with Crippen molar-refractivity contribution in [2.75, 3.05) is 32.8 Å². The molecular weight excluding hydrogens is 350 g/mol. The molecular formula is C19H21N3O3S. The number of aliphatic hydroxyl groups is 1. The normalized spacial score (nSPS) is 16.8. The molecule has 7 heteroatoms. The third-order valence-electron chi connectivity index (χ3n) is 4.58. The van der Waals surface area contributed by atoms with Crippen LogP contribution in [0, 0.1) is 0 Å². The number of benzene rings is 1. The minimum absolute atomic E-state index is 0.165. The highest BCUT2D eigenvalue weighted by Gasteiger charge is 2.18. The highest BCUT2D eigenvalue weighted by atomic mass is 32.1. The van der Waals surface area contributed by atoms with Crippen molar-refractivity contribution in [1.29, 1.82) is 0 Å². The average molecular weight is 371 g/mol. The van der Waals surface area contributed by atoms with Gasteiger partial charge in [-0.3, -0.25) is 9.69 Å². The Hall–Kier alpha value is -2.06. The predicted molar refractivity (Wildman–Crippen MR) is 103 cm³/mol. The molecule has 1 fully saturated rings. The van der Waals surface area contributed by atoms with Crippen LogP contribution in [-0.4, -0.2) is 58.7 Å². The summed E-state index contributed by atoms with van der Waals surface area (Å²) >= 11 is 1.59. The lowest BCUT2D eigenvalue weighted by Gasteiger charge is -2.28. The molecule has 0 bridgehead atoms. The number of ether oxygens (including phenoxy) is 1. The maximum absolute atomic E-state index is 12.8. The molecule has 26 heavy (non-hydrogen) atoms. The van der Waals surface area contributed by atoms with E-state index in [4.69, 9.17) is 4.74 Å². The Labute approximate surface area is 155 Å². The zero-order chi connectivity index (χ0) is 17.9. The molecule has 1 aliphatic rings. The Morgan fingerprint density at radius 3 is 2.62 bits per heavy atom. The molecule has 1 N–H and O–H groups in total. The number of aliphatic hydroxyl groups excluding tert-OH is 1. The second-order valence-corrected chi connectivity index (χ2v) is 7.37. The Kier molecular flexibility index (Phi) is 5.12. The number of fused-ring (bicyclic) bond motifs is 1. The van der Waals surface area contributed by atoms with Gasteiger partial charge >= 0.3 is 0 Å². The van der Waals surface area contributed by atoms with E-state index in [1.165, 1.54) is 4.68 Å². The lowest BCUT2D eigenvalue weighted by molar-refractivity contribution is 0.0106. The molecule has 3 aromatic rings. The summed E-state index contributed by atoms with van der Waals surface area (Å²) in [6, 6.07) is 11.5. The van der Waals surface area contributed by atoms with Crippen molar-refractivity contribution in [2.24, 2.45) is 0 Å². The predicted octanol–water partition coefficient (Wildman–Crippen LogP) is 1.82. The standard InChI is InChI=1S/C19H21N3O3S/c23-14(12-21-7-9-25-10-8-21)13-22-19(24)16-5-2-1-4-15(16)18(20-22)17-6-3-11-26-17/h1-6,11,14,23H,7-10,12-13H2. The van der Waals surface area contributed by atoms with Crippen molar-refractivity contribution in [2.45, 2.75) is 12.6 Å².